The van der Waals surface area contributed by atoms with E-state index in [1.807, 2.05) is 36.4 Å². The van der Waals surface area contributed by atoms with Crippen LogP contribution in [0.3, 0.4) is 0 Å². The minimum atomic E-state index is -1.24. The first-order valence-corrected chi connectivity index (χ1v) is 8.00. The highest BCUT2D eigenvalue weighted by atomic mass is 16.7. The van der Waals surface area contributed by atoms with E-state index in [-0.39, 0.29) is 13.0 Å². The summed E-state index contributed by atoms with van der Waals surface area (Å²) in [5.41, 5.74) is 7.24. The van der Waals surface area contributed by atoms with E-state index in [9.17, 15) is 14.7 Å². The summed E-state index contributed by atoms with van der Waals surface area (Å²) in [5, 5.41) is 10.2. The molecule has 2 aromatic carbocycles. The van der Waals surface area contributed by atoms with Crippen molar-refractivity contribution in [1.29, 1.82) is 0 Å². The van der Waals surface area contributed by atoms with Gasteiger partial charge in [-0.05, 0) is 18.1 Å². The summed E-state index contributed by atoms with van der Waals surface area (Å²) in [4.78, 5) is 30.4. The molecule has 0 fully saturated rings. The Bertz CT molecular complexity index is 689. The van der Waals surface area contributed by atoms with E-state index in [1.165, 1.54) is 6.92 Å². The van der Waals surface area contributed by atoms with E-state index in [0.717, 1.165) is 11.1 Å². The van der Waals surface area contributed by atoms with E-state index >= 15 is 0 Å². The fourth-order valence-corrected chi connectivity index (χ4v) is 2.16. The Morgan fingerprint density at radius 1 is 1.04 bits per heavy atom. The van der Waals surface area contributed by atoms with Gasteiger partial charge in [0.2, 0.25) is 0 Å². The summed E-state index contributed by atoms with van der Waals surface area (Å²) >= 11 is 0. The summed E-state index contributed by atoms with van der Waals surface area (Å²) in [5.74, 6) is -1.31. The molecule has 0 heterocycles. The number of hydrogen-bond donors (Lipinski definition) is 2. The maximum Gasteiger partial charge on any atom is 0.273 e. The van der Waals surface area contributed by atoms with Gasteiger partial charge >= 0.3 is 0 Å². The zero-order valence-electron chi connectivity index (χ0n) is 14.0. The lowest BCUT2D eigenvalue weighted by molar-refractivity contribution is -0.200. The third-order valence-corrected chi connectivity index (χ3v) is 3.63. The molecule has 0 bridgehead atoms. The standard InChI is InChI=1S/C19H22N2O4/c1-14(22)18(20)19(24)21(25-13-16-10-6-3-7-11-16)17(23)12-15-8-4-2-5-9-15/h2-11,14,18,22H,12-13,20H2,1H3/t14?,18-/m0/s1. The van der Waals surface area contributed by atoms with Gasteiger partial charge < -0.3 is 10.8 Å². The number of aliphatic hydroxyl groups is 1. The van der Waals surface area contributed by atoms with E-state index in [0.29, 0.717) is 5.06 Å². The second kappa shape index (κ2) is 9.08. The molecule has 0 aliphatic carbocycles. The van der Waals surface area contributed by atoms with Crippen LogP contribution in [0.2, 0.25) is 0 Å². The van der Waals surface area contributed by atoms with Crippen molar-refractivity contribution in [3.63, 3.8) is 0 Å². The van der Waals surface area contributed by atoms with Gasteiger partial charge in [0.15, 0.2) is 0 Å². The predicted molar refractivity (Wildman–Crippen MR) is 92.9 cm³/mol. The molecule has 0 aromatic heterocycles. The Balaban J connectivity index is 2.12. The first-order valence-electron chi connectivity index (χ1n) is 8.00. The molecular weight excluding hydrogens is 320 g/mol. The van der Waals surface area contributed by atoms with Crippen LogP contribution in [0.15, 0.2) is 60.7 Å². The number of imide groups is 1. The van der Waals surface area contributed by atoms with Crippen molar-refractivity contribution in [2.75, 3.05) is 0 Å². The Morgan fingerprint density at radius 3 is 2.08 bits per heavy atom. The summed E-state index contributed by atoms with van der Waals surface area (Å²) in [7, 11) is 0. The Hall–Kier alpha value is -2.54. The number of aliphatic hydroxyl groups excluding tert-OH is 1. The number of hydrogen-bond acceptors (Lipinski definition) is 5. The second-order valence-electron chi connectivity index (χ2n) is 5.71. The highest BCUT2D eigenvalue weighted by molar-refractivity contribution is 5.97. The molecule has 1 unspecified atom stereocenters. The minimum Gasteiger partial charge on any atom is -0.391 e. The van der Waals surface area contributed by atoms with Crippen LogP contribution in [-0.2, 0) is 27.5 Å². The van der Waals surface area contributed by atoms with Gasteiger partial charge in [-0.25, -0.2) is 0 Å². The average molecular weight is 342 g/mol. The van der Waals surface area contributed by atoms with E-state index < -0.39 is 24.0 Å². The minimum absolute atomic E-state index is 0.00605. The molecule has 0 saturated heterocycles. The van der Waals surface area contributed by atoms with Crippen molar-refractivity contribution in [3.05, 3.63) is 71.8 Å². The van der Waals surface area contributed by atoms with Gasteiger partial charge in [-0.2, -0.15) is 5.06 Å². The Labute approximate surface area is 146 Å². The molecule has 0 saturated carbocycles. The molecule has 2 atom stereocenters. The van der Waals surface area contributed by atoms with Crippen LogP contribution in [-0.4, -0.2) is 34.1 Å². The van der Waals surface area contributed by atoms with Crippen LogP contribution in [0.25, 0.3) is 0 Å². The number of rotatable bonds is 7. The van der Waals surface area contributed by atoms with Gasteiger partial charge in [0.25, 0.3) is 11.8 Å². The molecule has 6 nitrogen and oxygen atoms in total. The molecule has 132 valence electrons. The Kier molecular flexibility index (Phi) is 6.82. The van der Waals surface area contributed by atoms with Crippen LogP contribution in [0.5, 0.6) is 0 Å². The van der Waals surface area contributed by atoms with Crippen LogP contribution in [0, 0.1) is 0 Å². The molecule has 0 aliphatic rings. The van der Waals surface area contributed by atoms with Gasteiger partial charge in [-0.15, -0.1) is 0 Å². The van der Waals surface area contributed by atoms with Gasteiger partial charge in [-0.3, -0.25) is 14.4 Å². The van der Waals surface area contributed by atoms with E-state index in [4.69, 9.17) is 10.6 Å². The second-order valence-corrected chi connectivity index (χ2v) is 5.71. The topological polar surface area (TPSA) is 92.9 Å². The normalized spacial score (nSPS) is 13.1. The lowest BCUT2D eigenvalue weighted by Gasteiger charge is -2.24. The number of amides is 2. The molecule has 0 spiro atoms. The lowest BCUT2D eigenvalue weighted by atomic mass is 10.1. The zero-order chi connectivity index (χ0) is 18.2. The van der Waals surface area contributed by atoms with Gasteiger partial charge in [0, 0.05) is 0 Å². The first-order chi connectivity index (χ1) is 12.0. The van der Waals surface area contributed by atoms with Gasteiger partial charge in [-0.1, -0.05) is 60.7 Å². The molecule has 6 heteroatoms. The van der Waals surface area contributed by atoms with Crippen molar-refractivity contribution < 1.29 is 19.5 Å². The SMILES string of the molecule is CC(O)[C@H](N)C(=O)N(OCc1ccccc1)C(=O)Cc1ccccc1. The number of carbonyl (C=O) groups is 2. The summed E-state index contributed by atoms with van der Waals surface area (Å²) in [6.07, 6.45) is -1.10. The fourth-order valence-electron chi connectivity index (χ4n) is 2.16. The number of hydroxylamine groups is 2. The molecule has 3 N–H and O–H groups in total. The highest BCUT2D eigenvalue weighted by Gasteiger charge is 2.30. The number of nitrogens with zero attached hydrogens (tertiary/aromatic N) is 1. The van der Waals surface area contributed by atoms with Crippen molar-refractivity contribution >= 4 is 11.8 Å². The molecular formula is C19H22N2O4. The third-order valence-electron chi connectivity index (χ3n) is 3.63. The number of nitrogens with two attached hydrogens (primary N) is 1. The largest absolute Gasteiger partial charge is 0.391 e. The Morgan fingerprint density at radius 2 is 1.56 bits per heavy atom. The van der Waals surface area contributed by atoms with Crippen molar-refractivity contribution in [1.82, 2.24) is 5.06 Å². The zero-order valence-corrected chi connectivity index (χ0v) is 14.0. The molecule has 2 rings (SSSR count). The average Bonchev–Trinajstić information content (AvgIpc) is 2.62. The molecule has 0 radical (unpaired) electrons. The highest BCUT2D eigenvalue weighted by Crippen LogP contribution is 2.09. The molecule has 0 aliphatic heterocycles. The van der Waals surface area contributed by atoms with Gasteiger partial charge in [0.05, 0.1) is 12.5 Å². The van der Waals surface area contributed by atoms with E-state index in [2.05, 4.69) is 0 Å². The summed E-state index contributed by atoms with van der Waals surface area (Å²) in [6, 6.07) is 16.9. The fraction of sp³-hybridized carbons (Fsp3) is 0.263. The quantitative estimate of drug-likeness (QED) is 0.743. The number of benzene rings is 2. The number of carbonyl (C=O) groups excluding carboxylic acids is 2. The molecule has 2 amide bonds. The predicted octanol–water partition coefficient (Wildman–Crippen LogP) is 1.42. The molecule has 25 heavy (non-hydrogen) atoms. The third kappa shape index (κ3) is 5.49. The van der Waals surface area contributed by atoms with Crippen LogP contribution in [0.1, 0.15) is 18.1 Å². The smallest absolute Gasteiger partial charge is 0.273 e. The van der Waals surface area contributed by atoms with Crippen LogP contribution >= 0.6 is 0 Å². The maximum atomic E-state index is 12.5. The monoisotopic (exact) mass is 342 g/mol. The summed E-state index contributed by atoms with van der Waals surface area (Å²) < 4.78 is 0. The van der Waals surface area contributed by atoms with Crippen molar-refractivity contribution in [2.45, 2.75) is 32.1 Å². The maximum absolute atomic E-state index is 12.5. The van der Waals surface area contributed by atoms with Crippen molar-refractivity contribution in [3.8, 4) is 0 Å². The molecule has 2 aromatic rings. The lowest BCUT2D eigenvalue weighted by Crippen LogP contribution is -2.51. The van der Waals surface area contributed by atoms with Gasteiger partial charge in [0.1, 0.15) is 12.6 Å². The van der Waals surface area contributed by atoms with Crippen LogP contribution < -0.4 is 5.73 Å². The van der Waals surface area contributed by atoms with Crippen molar-refractivity contribution in [2.24, 2.45) is 5.73 Å². The van der Waals surface area contributed by atoms with Crippen LogP contribution in [0.4, 0.5) is 0 Å². The van der Waals surface area contributed by atoms with E-state index in [1.54, 1.807) is 24.3 Å². The summed E-state index contributed by atoms with van der Waals surface area (Å²) in [6.45, 7) is 1.43. The first kappa shape index (κ1) is 18.8.